The van der Waals surface area contributed by atoms with Crippen LogP contribution in [0.25, 0.3) is 10.8 Å². The van der Waals surface area contributed by atoms with E-state index in [1.54, 1.807) is 0 Å². The van der Waals surface area contributed by atoms with Crippen LogP contribution < -0.4 is 5.32 Å². The number of pyridine rings is 1. The van der Waals surface area contributed by atoms with E-state index in [2.05, 4.69) is 47.7 Å². The minimum atomic E-state index is 0.388. The van der Waals surface area contributed by atoms with Crippen LogP contribution in [0.15, 0.2) is 36.7 Å². The maximum atomic E-state index is 4.37. The van der Waals surface area contributed by atoms with Crippen molar-refractivity contribution in [3.63, 3.8) is 0 Å². The van der Waals surface area contributed by atoms with Gasteiger partial charge in [0.05, 0.1) is 0 Å². The highest BCUT2D eigenvalue weighted by atomic mass is 32.2. The van der Waals surface area contributed by atoms with Crippen LogP contribution in [-0.2, 0) is 0 Å². The molecule has 96 valence electrons. The molecule has 1 aromatic carbocycles. The second-order valence-electron chi connectivity index (χ2n) is 4.41. The lowest BCUT2D eigenvalue weighted by Crippen LogP contribution is -2.24. The molecule has 3 heteroatoms. The second kappa shape index (κ2) is 6.76. The second-order valence-corrected chi connectivity index (χ2v) is 5.32. The number of fused-ring (bicyclic) bond motifs is 1. The van der Waals surface area contributed by atoms with Crippen molar-refractivity contribution in [2.45, 2.75) is 19.4 Å². The van der Waals surface area contributed by atoms with E-state index in [9.17, 15) is 0 Å². The highest BCUT2D eigenvalue weighted by Crippen LogP contribution is 2.25. The fourth-order valence-electron chi connectivity index (χ4n) is 2.16. The first-order valence-electron chi connectivity index (χ1n) is 6.41. The largest absolute Gasteiger partial charge is 0.309 e. The van der Waals surface area contributed by atoms with E-state index in [0.717, 1.165) is 18.7 Å². The van der Waals surface area contributed by atoms with E-state index in [4.69, 9.17) is 0 Å². The molecular formula is C15H20N2S. The summed E-state index contributed by atoms with van der Waals surface area (Å²) < 4.78 is 0. The maximum absolute atomic E-state index is 4.37. The van der Waals surface area contributed by atoms with Crippen molar-refractivity contribution in [2.75, 3.05) is 18.6 Å². The summed E-state index contributed by atoms with van der Waals surface area (Å²) in [4.78, 5) is 4.37. The molecule has 0 radical (unpaired) electrons. The Balaban J connectivity index is 2.36. The van der Waals surface area contributed by atoms with E-state index < -0.39 is 0 Å². The normalized spacial score (nSPS) is 12.8. The smallest absolute Gasteiger partial charge is 0.0433 e. The molecule has 1 atom stereocenters. The summed E-state index contributed by atoms with van der Waals surface area (Å²) in [5.74, 6) is 1.08. The van der Waals surface area contributed by atoms with Crippen molar-refractivity contribution >= 4 is 22.5 Å². The number of benzene rings is 1. The molecule has 2 nitrogen and oxygen atoms in total. The molecule has 0 amide bonds. The molecular weight excluding hydrogens is 240 g/mol. The quantitative estimate of drug-likeness (QED) is 0.858. The van der Waals surface area contributed by atoms with Gasteiger partial charge in [-0.25, -0.2) is 0 Å². The first kappa shape index (κ1) is 13.4. The standard InChI is InChI=1S/C15H20N2S/c1-3-8-17-15(11-18-2)14-10-16-9-12-6-4-5-7-13(12)14/h4-7,9-10,15,17H,3,8,11H2,1-2H3. The van der Waals surface area contributed by atoms with Crippen LogP contribution in [0.4, 0.5) is 0 Å². The number of nitrogens with one attached hydrogen (secondary N) is 1. The fraction of sp³-hybridized carbons (Fsp3) is 0.400. The number of rotatable bonds is 6. The van der Waals surface area contributed by atoms with Crippen LogP contribution in [0, 0.1) is 0 Å². The topological polar surface area (TPSA) is 24.9 Å². The monoisotopic (exact) mass is 260 g/mol. The lowest BCUT2D eigenvalue weighted by Gasteiger charge is -2.19. The Hall–Kier alpha value is -1.06. The molecule has 0 saturated heterocycles. The molecule has 1 unspecified atom stereocenters. The van der Waals surface area contributed by atoms with Crippen molar-refractivity contribution in [1.29, 1.82) is 0 Å². The Morgan fingerprint density at radius 3 is 2.89 bits per heavy atom. The van der Waals surface area contributed by atoms with Crippen molar-refractivity contribution in [3.8, 4) is 0 Å². The van der Waals surface area contributed by atoms with Gasteiger partial charge in [-0.05, 0) is 30.2 Å². The minimum Gasteiger partial charge on any atom is -0.309 e. The Kier molecular flexibility index (Phi) is 5.02. The summed E-state index contributed by atoms with van der Waals surface area (Å²) in [7, 11) is 0. The van der Waals surface area contributed by atoms with Crippen LogP contribution in [0.2, 0.25) is 0 Å². The van der Waals surface area contributed by atoms with E-state index in [0.29, 0.717) is 6.04 Å². The highest BCUT2D eigenvalue weighted by molar-refractivity contribution is 7.98. The SMILES string of the molecule is CCCNC(CSC)c1cncc2ccccc12. The molecule has 2 aromatic rings. The van der Waals surface area contributed by atoms with Crippen molar-refractivity contribution in [3.05, 3.63) is 42.2 Å². The Bertz CT molecular complexity index is 493. The van der Waals surface area contributed by atoms with Crippen LogP contribution in [0.5, 0.6) is 0 Å². The van der Waals surface area contributed by atoms with Gasteiger partial charge in [0.15, 0.2) is 0 Å². The van der Waals surface area contributed by atoms with E-state index in [1.807, 2.05) is 24.2 Å². The third kappa shape index (κ3) is 3.03. The molecule has 2 rings (SSSR count). The highest BCUT2D eigenvalue weighted by Gasteiger charge is 2.13. The summed E-state index contributed by atoms with van der Waals surface area (Å²) in [5.41, 5.74) is 1.32. The van der Waals surface area contributed by atoms with Gasteiger partial charge in [-0.15, -0.1) is 0 Å². The molecule has 1 heterocycles. The minimum absolute atomic E-state index is 0.388. The predicted molar refractivity (Wildman–Crippen MR) is 81.2 cm³/mol. The number of nitrogens with zero attached hydrogens (tertiary/aromatic N) is 1. The number of hydrogen-bond donors (Lipinski definition) is 1. The van der Waals surface area contributed by atoms with Gasteiger partial charge in [0.2, 0.25) is 0 Å². The number of aromatic nitrogens is 1. The van der Waals surface area contributed by atoms with Crippen molar-refractivity contribution < 1.29 is 0 Å². The molecule has 1 aromatic heterocycles. The van der Waals surface area contributed by atoms with Crippen LogP contribution in [-0.4, -0.2) is 23.5 Å². The molecule has 18 heavy (non-hydrogen) atoms. The lowest BCUT2D eigenvalue weighted by atomic mass is 10.0. The molecule has 0 aliphatic heterocycles. The van der Waals surface area contributed by atoms with Gasteiger partial charge in [-0.3, -0.25) is 4.98 Å². The van der Waals surface area contributed by atoms with Gasteiger partial charge in [-0.1, -0.05) is 31.2 Å². The summed E-state index contributed by atoms with van der Waals surface area (Å²) in [6.07, 6.45) is 7.25. The van der Waals surface area contributed by atoms with Gasteiger partial charge in [0.25, 0.3) is 0 Å². The maximum Gasteiger partial charge on any atom is 0.0433 e. The molecule has 1 N–H and O–H groups in total. The molecule has 0 aliphatic carbocycles. The van der Waals surface area contributed by atoms with Crippen LogP contribution in [0.3, 0.4) is 0 Å². The van der Waals surface area contributed by atoms with Crippen molar-refractivity contribution in [1.82, 2.24) is 10.3 Å². The first-order valence-corrected chi connectivity index (χ1v) is 7.81. The average Bonchev–Trinajstić information content (AvgIpc) is 2.43. The predicted octanol–water partition coefficient (Wildman–Crippen LogP) is 3.64. The van der Waals surface area contributed by atoms with Crippen LogP contribution in [0.1, 0.15) is 24.9 Å². The zero-order valence-corrected chi connectivity index (χ0v) is 11.8. The Morgan fingerprint density at radius 1 is 1.28 bits per heavy atom. The van der Waals surface area contributed by atoms with Gasteiger partial charge < -0.3 is 5.32 Å². The van der Waals surface area contributed by atoms with E-state index in [-0.39, 0.29) is 0 Å². The summed E-state index contributed by atoms with van der Waals surface area (Å²) in [5, 5.41) is 6.15. The Morgan fingerprint density at radius 2 is 2.11 bits per heavy atom. The van der Waals surface area contributed by atoms with Gasteiger partial charge >= 0.3 is 0 Å². The summed E-state index contributed by atoms with van der Waals surface area (Å²) in [6, 6.07) is 8.87. The van der Waals surface area contributed by atoms with E-state index >= 15 is 0 Å². The number of hydrogen-bond acceptors (Lipinski definition) is 3. The zero-order chi connectivity index (χ0) is 12.8. The summed E-state index contributed by atoms with van der Waals surface area (Å²) >= 11 is 1.87. The lowest BCUT2D eigenvalue weighted by molar-refractivity contribution is 0.579. The number of thioether (sulfide) groups is 1. The summed E-state index contributed by atoms with van der Waals surface area (Å²) in [6.45, 7) is 3.25. The average molecular weight is 260 g/mol. The van der Waals surface area contributed by atoms with E-state index in [1.165, 1.54) is 16.3 Å². The van der Waals surface area contributed by atoms with Crippen molar-refractivity contribution in [2.24, 2.45) is 0 Å². The first-order chi connectivity index (χ1) is 8.86. The molecule has 0 saturated carbocycles. The molecule has 0 aliphatic rings. The molecule has 0 fully saturated rings. The zero-order valence-electron chi connectivity index (χ0n) is 11.0. The third-order valence-corrected chi connectivity index (χ3v) is 3.72. The fourth-order valence-corrected chi connectivity index (χ4v) is 2.79. The van der Waals surface area contributed by atoms with Gasteiger partial charge in [0, 0.05) is 29.6 Å². The molecule has 0 bridgehead atoms. The van der Waals surface area contributed by atoms with Crippen LogP contribution >= 0.6 is 11.8 Å². The van der Waals surface area contributed by atoms with Gasteiger partial charge in [-0.2, -0.15) is 11.8 Å². The van der Waals surface area contributed by atoms with Gasteiger partial charge in [0.1, 0.15) is 0 Å². The third-order valence-electron chi connectivity index (χ3n) is 3.05. The molecule has 0 spiro atoms. The Labute approximate surface area is 113 Å².